The molecule has 0 aliphatic rings. The average molecular weight is 267 g/mol. The molecule has 0 aromatic carbocycles. The highest BCUT2D eigenvalue weighted by Crippen LogP contribution is 2.18. The van der Waals surface area contributed by atoms with E-state index in [1.54, 1.807) is 0 Å². The molecule has 0 spiro atoms. The van der Waals surface area contributed by atoms with Crippen LogP contribution in [0.25, 0.3) is 0 Å². The Balaban J connectivity index is 2.47. The molecule has 0 saturated carbocycles. The molecule has 0 radical (unpaired) electrons. The lowest BCUT2D eigenvalue weighted by Crippen LogP contribution is -2.28. The molecule has 106 valence electrons. The van der Waals surface area contributed by atoms with Crippen LogP contribution in [0, 0.1) is 10.1 Å². The highest BCUT2D eigenvalue weighted by Gasteiger charge is 2.09. The van der Waals surface area contributed by atoms with Crippen LogP contribution in [0.2, 0.25) is 0 Å². The number of nitrogens with two attached hydrogens (primary N) is 1. The maximum absolute atomic E-state index is 10.7. The summed E-state index contributed by atoms with van der Waals surface area (Å²) < 4.78 is 0. The first-order valence-electron chi connectivity index (χ1n) is 6.26. The molecule has 3 N–H and O–H groups in total. The van der Waals surface area contributed by atoms with Crippen molar-refractivity contribution >= 4 is 17.3 Å². The van der Waals surface area contributed by atoms with Crippen molar-refractivity contribution in [2.45, 2.75) is 26.3 Å². The number of pyridine rings is 1. The van der Waals surface area contributed by atoms with Gasteiger partial charge in [-0.25, -0.2) is 4.98 Å². The van der Waals surface area contributed by atoms with Gasteiger partial charge in [-0.2, -0.15) is 0 Å². The average Bonchev–Trinajstić information content (AvgIpc) is 2.33. The Morgan fingerprint density at radius 3 is 2.79 bits per heavy atom. The Bertz CT molecular complexity index is 436. The number of rotatable bonds is 7. The molecule has 0 amide bonds. The number of hydrogen-bond acceptors (Lipinski definition) is 6. The minimum absolute atomic E-state index is 0.0469. The van der Waals surface area contributed by atoms with Crippen LogP contribution >= 0.6 is 0 Å². The second-order valence-electron chi connectivity index (χ2n) is 4.75. The van der Waals surface area contributed by atoms with Crippen molar-refractivity contribution in [3.05, 3.63) is 22.2 Å². The fourth-order valence-electron chi connectivity index (χ4n) is 1.54. The van der Waals surface area contributed by atoms with Crippen molar-refractivity contribution in [3.63, 3.8) is 0 Å². The Kier molecular flexibility index (Phi) is 5.50. The van der Waals surface area contributed by atoms with Crippen LogP contribution in [0.3, 0.4) is 0 Å². The van der Waals surface area contributed by atoms with E-state index in [2.05, 4.69) is 36.1 Å². The number of anilines is 2. The molecular weight excluding hydrogens is 246 g/mol. The quantitative estimate of drug-likeness (QED) is 0.443. The largest absolute Gasteiger partial charge is 0.383 e. The summed E-state index contributed by atoms with van der Waals surface area (Å²) in [7, 11) is 2.06. The molecule has 0 saturated heterocycles. The van der Waals surface area contributed by atoms with Gasteiger partial charge in [-0.1, -0.05) is 0 Å². The summed E-state index contributed by atoms with van der Waals surface area (Å²) in [6, 6.07) is 3.15. The van der Waals surface area contributed by atoms with E-state index in [1.165, 1.54) is 12.1 Å². The topological polar surface area (TPSA) is 97.3 Å². The van der Waals surface area contributed by atoms with Gasteiger partial charge in [0.1, 0.15) is 11.6 Å². The summed E-state index contributed by atoms with van der Waals surface area (Å²) in [6.07, 6.45) is 0.930. The van der Waals surface area contributed by atoms with Gasteiger partial charge in [-0.05, 0) is 33.9 Å². The number of aromatic nitrogens is 1. The third kappa shape index (κ3) is 5.09. The monoisotopic (exact) mass is 267 g/mol. The van der Waals surface area contributed by atoms with Crippen LogP contribution in [0.15, 0.2) is 12.1 Å². The molecule has 1 aromatic rings. The normalized spacial score (nSPS) is 11.0. The van der Waals surface area contributed by atoms with Gasteiger partial charge in [-0.15, -0.1) is 0 Å². The van der Waals surface area contributed by atoms with Gasteiger partial charge in [-0.3, -0.25) is 10.1 Å². The summed E-state index contributed by atoms with van der Waals surface area (Å²) in [5.41, 5.74) is 5.48. The van der Waals surface area contributed by atoms with E-state index >= 15 is 0 Å². The highest BCUT2D eigenvalue weighted by molar-refractivity contribution is 5.52. The predicted molar refractivity (Wildman–Crippen MR) is 76.2 cm³/mol. The van der Waals surface area contributed by atoms with E-state index in [1.807, 2.05) is 0 Å². The van der Waals surface area contributed by atoms with E-state index < -0.39 is 4.92 Å². The van der Waals surface area contributed by atoms with Gasteiger partial charge in [0.15, 0.2) is 0 Å². The molecule has 19 heavy (non-hydrogen) atoms. The zero-order valence-corrected chi connectivity index (χ0v) is 11.6. The number of hydrogen-bond donors (Lipinski definition) is 2. The highest BCUT2D eigenvalue weighted by atomic mass is 16.6. The lowest BCUT2D eigenvalue weighted by atomic mass is 10.3. The van der Waals surface area contributed by atoms with E-state index in [9.17, 15) is 10.1 Å². The molecule has 0 atom stereocenters. The molecule has 0 aliphatic carbocycles. The van der Waals surface area contributed by atoms with Crippen LogP contribution in [0.1, 0.15) is 20.3 Å². The van der Waals surface area contributed by atoms with Crippen LogP contribution in [0.4, 0.5) is 17.3 Å². The molecule has 0 aliphatic heterocycles. The van der Waals surface area contributed by atoms with E-state index in [0.717, 1.165) is 13.0 Å². The number of nitrogens with zero attached hydrogens (tertiary/aromatic N) is 3. The smallest absolute Gasteiger partial charge is 0.276 e. The second-order valence-corrected chi connectivity index (χ2v) is 4.75. The van der Waals surface area contributed by atoms with Crippen LogP contribution in [0.5, 0.6) is 0 Å². The van der Waals surface area contributed by atoms with Crippen LogP contribution in [-0.2, 0) is 0 Å². The van der Waals surface area contributed by atoms with Gasteiger partial charge in [0, 0.05) is 12.6 Å². The van der Waals surface area contributed by atoms with Gasteiger partial charge < -0.3 is 16.0 Å². The zero-order chi connectivity index (χ0) is 14.4. The molecule has 7 heteroatoms. The molecule has 1 heterocycles. The SMILES string of the molecule is CC(C)N(C)CCCNc1cc([N+](=O)[O-])cc(N)n1. The maximum atomic E-state index is 10.7. The number of nitrogens with one attached hydrogen (secondary N) is 1. The lowest BCUT2D eigenvalue weighted by Gasteiger charge is -2.20. The van der Waals surface area contributed by atoms with Crippen molar-refractivity contribution in [2.24, 2.45) is 0 Å². The van der Waals surface area contributed by atoms with Crippen molar-refractivity contribution < 1.29 is 4.92 Å². The third-order valence-electron chi connectivity index (χ3n) is 2.92. The molecule has 0 fully saturated rings. The molecule has 1 rings (SSSR count). The summed E-state index contributed by atoms with van der Waals surface area (Å²) in [5.74, 6) is 0.592. The summed E-state index contributed by atoms with van der Waals surface area (Å²) in [5, 5.41) is 13.7. The van der Waals surface area contributed by atoms with Crippen molar-refractivity contribution in [1.82, 2.24) is 9.88 Å². The van der Waals surface area contributed by atoms with Gasteiger partial charge in [0.25, 0.3) is 5.69 Å². The minimum atomic E-state index is -0.476. The van der Waals surface area contributed by atoms with E-state index in [4.69, 9.17) is 5.73 Å². The minimum Gasteiger partial charge on any atom is -0.383 e. The fraction of sp³-hybridized carbons (Fsp3) is 0.583. The summed E-state index contributed by atoms with van der Waals surface area (Å²) >= 11 is 0. The number of nitrogen functional groups attached to an aromatic ring is 1. The van der Waals surface area contributed by atoms with Gasteiger partial charge in [0.05, 0.1) is 17.1 Å². The first kappa shape index (κ1) is 15.2. The molecule has 1 aromatic heterocycles. The summed E-state index contributed by atoms with van der Waals surface area (Å²) in [4.78, 5) is 16.5. The molecule has 0 unspecified atom stereocenters. The standard InChI is InChI=1S/C12H21N5O2/c1-9(2)16(3)6-4-5-14-12-8-10(17(18)19)7-11(13)15-12/h7-9H,4-6H2,1-3H3,(H3,13,14,15). The first-order chi connectivity index (χ1) is 8.90. The Morgan fingerprint density at radius 2 is 2.21 bits per heavy atom. The van der Waals surface area contributed by atoms with Crippen molar-refractivity contribution in [2.75, 3.05) is 31.2 Å². The maximum Gasteiger partial charge on any atom is 0.276 e. The van der Waals surface area contributed by atoms with Gasteiger partial charge >= 0.3 is 0 Å². The fourth-order valence-corrected chi connectivity index (χ4v) is 1.54. The Morgan fingerprint density at radius 1 is 1.53 bits per heavy atom. The molecule has 0 bridgehead atoms. The van der Waals surface area contributed by atoms with E-state index in [0.29, 0.717) is 18.4 Å². The predicted octanol–water partition coefficient (Wildman–Crippen LogP) is 1.71. The van der Waals surface area contributed by atoms with Crippen LogP contribution in [-0.4, -0.2) is 41.0 Å². The van der Waals surface area contributed by atoms with Crippen molar-refractivity contribution in [3.8, 4) is 0 Å². The summed E-state index contributed by atoms with van der Waals surface area (Å²) in [6.45, 7) is 5.92. The third-order valence-corrected chi connectivity index (χ3v) is 2.92. The number of nitro groups is 1. The van der Waals surface area contributed by atoms with Gasteiger partial charge in [0.2, 0.25) is 0 Å². The first-order valence-corrected chi connectivity index (χ1v) is 6.26. The zero-order valence-electron chi connectivity index (χ0n) is 11.6. The van der Waals surface area contributed by atoms with Crippen molar-refractivity contribution in [1.29, 1.82) is 0 Å². The Labute approximate surface area is 113 Å². The lowest BCUT2D eigenvalue weighted by molar-refractivity contribution is -0.384. The van der Waals surface area contributed by atoms with Crippen LogP contribution < -0.4 is 11.1 Å². The van der Waals surface area contributed by atoms with E-state index in [-0.39, 0.29) is 11.5 Å². The molecule has 7 nitrogen and oxygen atoms in total. The molecular formula is C12H21N5O2. The Hall–Kier alpha value is -1.89. The second kappa shape index (κ2) is 6.89.